The molecule has 1 aromatic carbocycles. The standard InChI is InChI=1S/C24H36N2O5S/c1-32(29,30)25-21-12-15-26(23(27)24(28)13-5-14-24)16-22(21)31-17-18-8-10-20(11-9-18)19-6-3-2-4-7-19/h2-4,6-7,18,20-22,25,28H,5,8-17H2,1H3/t18?,20?,21-,22+/m1/s1. The fraction of sp³-hybridized carbons (Fsp3) is 0.708. The lowest BCUT2D eigenvalue weighted by atomic mass is 9.78. The molecule has 2 atom stereocenters. The van der Waals surface area contributed by atoms with Gasteiger partial charge in [0, 0.05) is 19.7 Å². The SMILES string of the molecule is CS(=O)(=O)N[C@@H]1CCN(C(=O)C2(O)CCC2)C[C@@H]1OCC1CCC(c2ccccc2)CC1. The van der Waals surface area contributed by atoms with Gasteiger partial charge in [-0.05, 0) is 68.8 Å². The maximum atomic E-state index is 12.8. The normalized spacial score (nSPS) is 30.5. The summed E-state index contributed by atoms with van der Waals surface area (Å²) in [5.41, 5.74) is 0.164. The highest BCUT2D eigenvalue weighted by Gasteiger charge is 2.46. The van der Waals surface area contributed by atoms with E-state index in [9.17, 15) is 18.3 Å². The van der Waals surface area contributed by atoms with Crippen LogP contribution in [0.1, 0.15) is 62.8 Å². The molecule has 178 valence electrons. The summed E-state index contributed by atoms with van der Waals surface area (Å²) in [5.74, 6) is 0.798. The van der Waals surface area contributed by atoms with E-state index in [1.54, 1.807) is 4.90 Å². The first kappa shape index (κ1) is 23.7. The van der Waals surface area contributed by atoms with Gasteiger partial charge in [-0.1, -0.05) is 30.3 Å². The van der Waals surface area contributed by atoms with Gasteiger partial charge in [0.05, 0.1) is 18.4 Å². The van der Waals surface area contributed by atoms with Crippen molar-refractivity contribution in [3.63, 3.8) is 0 Å². The highest BCUT2D eigenvalue weighted by molar-refractivity contribution is 7.88. The van der Waals surface area contributed by atoms with Crippen molar-refractivity contribution >= 4 is 15.9 Å². The van der Waals surface area contributed by atoms with Crippen molar-refractivity contribution < 1.29 is 23.1 Å². The maximum absolute atomic E-state index is 12.8. The molecule has 3 aliphatic rings. The number of hydrogen-bond donors (Lipinski definition) is 2. The number of likely N-dealkylation sites (tertiary alicyclic amines) is 1. The third-order valence-corrected chi connectivity index (χ3v) is 8.19. The summed E-state index contributed by atoms with van der Waals surface area (Å²) >= 11 is 0. The number of nitrogens with zero attached hydrogens (tertiary/aromatic N) is 1. The summed E-state index contributed by atoms with van der Waals surface area (Å²) in [6.45, 7) is 1.31. The van der Waals surface area contributed by atoms with Crippen LogP contribution in [-0.2, 0) is 19.6 Å². The Morgan fingerprint density at radius 3 is 2.44 bits per heavy atom. The van der Waals surface area contributed by atoms with Crippen LogP contribution in [0.2, 0.25) is 0 Å². The molecule has 1 heterocycles. The quantitative estimate of drug-likeness (QED) is 0.646. The molecule has 0 radical (unpaired) electrons. The highest BCUT2D eigenvalue weighted by atomic mass is 32.2. The smallest absolute Gasteiger partial charge is 0.254 e. The van der Waals surface area contributed by atoms with Crippen molar-refractivity contribution in [3.05, 3.63) is 35.9 Å². The first-order valence-electron chi connectivity index (χ1n) is 11.9. The van der Waals surface area contributed by atoms with Gasteiger partial charge in [0.15, 0.2) is 0 Å². The number of piperidine rings is 1. The molecule has 0 aromatic heterocycles. The predicted octanol–water partition coefficient (Wildman–Crippen LogP) is 2.41. The fourth-order valence-electron chi connectivity index (χ4n) is 5.35. The zero-order valence-electron chi connectivity index (χ0n) is 18.9. The van der Waals surface area contributed by atoms with Crippen LogP contribution >= 0.6 is 0 Å². The van der Waals surface area contributed by atoms with Gasteiger partial charge in [-0.3, -0.25) is 4.79 Å². The van der Waals surface area contributed by atoms with Crippen LogP contribution in [-0.4, -0.2) is 68.0 Å². The van der Waals surface area contributed by atoms with E-state index in [1.165, 1.54) is 5.56 Å². The van der Waals surface area contributed by atoms with Gasteiger partial charge in [0.2, 0.25) is 10.0 Å². The number of aliphatic hydroxyl groups is 1. The van der Waals surface area contributed by atoms with E-state index in [-0.39, 0.29) is 11.9 Å². The minimum absolute atomic E-state index is 0.237. The van der Waals surface area contributed by atoms with Crippen LogP contribution < -0.4 is 4.72 Å². The number of carbonyl (C=O) groups excluding carboxylic acids is 1. The lowest BCUT2D eigenvalue weighted by molar-refractivity contribution is -0.165. The highest BCUT2D eigenvalue weighted by Crippen LogP contribution is 2.37. The number of rotatable bonds is 7. The Morgan fingerprint density at radius 2 is 1.84 bits per heavy atom. The molecule has 0 bridgehead atoms. The molecule has 1 aliphatic heterocycles. The Balaban J connectivity index is 1.33. The van der Waals surface area contributed by atoms with E-state index in [0.717, 1.165) is 38.4 Å². The average Bonchev–Trinajstić information content (AvgIpc) is 2.76. The van der Waals surface area contributed by atoms with Crippen molar-refractivity contribution in [2.75, 3.05) is 26.0 Å². The Hall–Kier alpha value is -1.48. The summed E-state index contributed by atoms with van der Waals surface area (Å²) in [5, 5.41) is 10.5. The molecule has 8 heteroatoms. The third-order valence-electron chi connectivity index (χ3n) is 7.45. The first-order valence-corrected chi connectivity index (χ1v) is 13.8. The minimum atomic E-state index is -3.38. The van der Waals surface area contributed by atoms with Gasteiger partial charge < -0.3 is 14.7 Å². The Kier molecular flexibility index (Phi) is 7.24. The van der Waals surface area contributed by atoms with Crippen LogP contribution in [0.25, 0.3) is 0 Å². The summed E-state index contributed by atoms with van der Waals surface area (Å²) in [4.78, 5) is 14.5. The summed E-state index contributed by atoms with van der Waals surface area (Å²) in [6.07, 6.45) is 7.53. The number of benzene rings is 1. The minimum Gasteiger partial charge on any atom is -0.380 e. The molecule has 2 saturated carbocycles. The molecular formula is C24H36N2O5S. The largest absolute Gasteiger partial charge is 0.380 e. The third kappa shape index (κ3) is 5.71. The van der Waals surface area contributed by atoms with Gasteiger partial charge in [-0.15, -0.1) is 0 Å². The molecule has 2 N–H and O–H groups in total. The summed E-state index contributed by atoms with van der Waals surface area (Å²) < 4.78 is 32.7. The van der Waals surface area contributed by atoms with Gasteiger partial charge in [0.1, 0.15) is 5.60 Å². The second-order valence-electron chi connectivity index (χ2n) is 9.92. The number of amides is 1. The molecule has 1 aromatic rings. The fourth-order valence-corrected chi connectivity index (χ4v) is 6.17. The van der Waals surface area contributed by atoms with E-state index in [4.69, 9.17) is 4.74 Å². The Bertz CT molecular complexity index is 879. The average molecular weight is 465 g/mol. The van der Waals surface area contributed by atoms with E-state index in [2.05, 4.69) is 29.0 Å². The van der Waals surface area contributed by atoms with Crippen LogP contribution in [0.3, 0.4) is 0 Å². The molecule has 32 heavy (non-hydrogen) atoms. The zero-order chi connectivity index (χ0) is 22.8. The molecule has 1 amide bonds. The maximum Gasteiger partial charge on any atom is 0.254 e. The molecule has 0 unspecified atom stereocenters. The van der Waals surface area contributed by atoms with Gasteiger partial charge in [-0.25, -0.2) is 13.1 Å². The molecule has 1 saturated heterocycles. The second kappa shape index (κ2) is 9.79. The number of carbonyl (C=O) groups is 1. The predicted molar refractivity (Wildman–Crippen MR) is 123 cm³/mol. The van der Waals surface area contributed by atoms with Gasteiger partial charge in [-0.2, -0.15) is 0 Å². The van der Waals surface area contributed by atoms with Crippen molar-refractivity contribution in [2.45, 2.75) is 75.0 Å². The van der Waals surface area contributed by atoms with Crippen LogP contribution in [0, 0.1) is 5.92 Å². The molecule has 0 spiro atoms. The van der Waals surface area contributed by atoms with Crippen molar-refractivity contribution in [3.8, 4) is 0 Å². The van der Waals surface area contributed by atoms with Crippen LogP contribution in [0.5, 0.6) is 0 Å². The van der Waals surface area contributed by atoms with Gasteiger partial charge >= 0.3 is 0 Å². The lowest BCUT2D eigenvalue weighted by Gasteiger charge is -2.44. The molecule has 4 rings (SSSR count). The number of ether oxygens (including phenoxy) is 1. The van der Waals surface area contributed by atoms with Crippen molar-refractivity contribution in [1.82, 2.24) is 9.62 Å². The number of hydrogen-bond acceptors (Lipinski definition) is 5. The van der Waals surface area contributed by atoms with E-state index in [0.29, 0.717) is 50.8 Å². The first-order chi connectivity index (χ1) is 15.2. The van der Waals surface area contributed by atoms with Crippen LogP contribution in [0.4, 0.5) is 0 Å². The molecule has 3 fully saturated rings. The zero-order valence-corrected chi connectivity index (χ0v) is 19.7. The van der Waals surface area contributed by atoms with E-state index in [1.807, 2.05) is 6.07 Å². The Morgan fingerprint density at radius 1 is 1.16 bits per heavy atom. The molecular weight excluding hydrogens is 428 g/mol. The van der Waals surface area contributed by atoms with Gasteiger partial charge in [0.25, 0.3) is 5.91 Å². The molecule has 2 aliphatic carbocycles. The topological polar surface area (TPSA) is 95.9 Å². The summed E-state index contributed by atoms with van der Waals surface area (Å²) in [6, 6.07) is 10.3. The van der Waals surface area contributed by atoms with E-state index < -0.39 is 21.7 Å². The van der Waals surface area contributed by atoms with Crippen LogP contribution in [0.15, 0.2) is 30.3 Å². The Labute approximate surface area is 191 Å². The number of nitrogens with one attached hydrogen (secondary N) is 1. The second-order valence-corrected chi connectivity index (χ2v) is 11.7. The molecule has 7 nitrogen and oxygen atoms in total. The number of sulfonamides is 1. The van der Waals surface area contributed by atoms with Crippen molar-refractivity contribution in [1.29, 1.82) is 0 Å². The lowest BCUT2D eigenvalue weighted by Crippen LogP contribution is -2.61. The summed E-state index contributed by atoms with van der Waals surface area (Å²) in [7, 11) is -3.38. The van der Waals surface area contributed by atoms with E-state index >= 15 is 0 Å². The monoisotopic (exact) mass is 464 g/mol. The van der Waals surface area contributed by atoms with Crippen molar-refractivity contribution in [2.24, 2.45) is 5.92 Å².